The minimum Gasteiger partial charge on any atom is -0.378 e. The Balaban J connectivity index is 1.87. The highest BCUT2D eigenvalue weighted by Gasteiger charge is 2.31. The second-order valence-corrected chi connectivity index (χ2v) is 5.96. The van der Waals surface area contributed by atoms with Gasteiger partial charge in [0.15, 0.2) is 0 Å². The van der Waals surface area contributed by atoms with E-state index in [-0.39, 0.29) is 0 Å². The van der Waals surface area contributed by atoms with E-state index >= 15 is 0 Å². The zero-order valence-corrected chi connectivity index (χ0v) is 12.8. The number of nitrogens with two attached hydrogens (primary N) is 1. The average molecular weight is 276 g/mol. The van der Waals surface area contributed by atoms with Gasteiger partial charge in [-0.15, -0.1) is 0 Å². The zero-order chi connectivity index (χ0) is 14.4. The summed E-state index contributed by atoms with van der Waals surface area (Å²) < 4.78 is 5.96. The fraction of sp³-hybridized carbons (Fsp3) is 0.647. The van der Waals surface area contributed by atoms with Crippen molar-refractivity contribution in [1.29, 1.82) is 0 Å². The van der Waals surface area contributed by atoms with Crippen molar-refractivity contribution in [2.24, 2.45) is 5.73 Å². The molecule has 1 aromatic carbocycles. The number of nitrogens with zero attached hydrogens (tertiary/aromatic N) is 1. The van der Waals surface area contributed by atoms with Crippen LogP contribution in [0.3, 0.4) is 0 Å². The molecule has 20 heavy (non-hydrogen) atoms. The average Bonchev–Trinajstić information content (AvgIpc) is 2.44. The van der Waals surface area contributed by atoms with E-state index < -0.39 is 0 Å². The highest BCUT2D eigenvalue weighted by molar-refractivity contribution is 5.15. The summed E-state index contributed by atoms with van der Waals surface area (Å²) in [6.07, 6.45) is 3.62. The summed E-state index contributed by atoms with van der Waals surface area (Å²) in [6, 6.07) is 11.9. The maximum Gasteiger partial charge on any atom is 0.0604 e. The van der Waals surface area contributed by atoms with Crippen molar-refractivity contribution < 1.29 is 4.74 Å². The molecule has 1 aromatic rings. The Morgan fingerprint density at radius 3 is 2.40 bits per heavy atom. The monoisotopic (exact) mass is 276 g/mol. The molecule has 2 N–H and O–H groups in total. The van der Waals surface area contributed by atoms with Crippen molar-refractivity contribution in [3.05, 3.63) is 35.9 Å². The highest BCUT2D eigenvalue weighted by atomic mass is 16.5. The topological polar surface area (TPSA) is 38.5 Å². The fourth-order valence-electron chi connectivity index (χ4n) is 3.14. The molecule has 1 saturated heterocycles. The number of likely N-dealkylation sites (tertiary alicyclic amines) is 1. The molecule has 1 fully saturated rings. The summed E-state index contributed by atoms with van der Waals surface area (Å²) >= 11 is 0. The summed E-state index contributed by atoms with van der Waals surface area (Å²) in [6.45, 7) is 7.20. The minimum absolute atomic E-state index is 0.401. The first-order valence-corrected chi connectivity index (χ1v) is 7.82. The van der Waals surface area contributed by atoms with Crippen LogP contribution in [0, 0.1) is 0 Å². The van der Waals surface area contributed by atoms with E-state index in [0.717, 1.165) is 39.0 Å². The summed E-state index contributed by atoms with van der Waals surface area (Å²) in [7, 11) is 0. The van der Waals surface area contributed by atoms with Crippen LogP contribution >= 0.6 is 0 Å². The van der Waals surface area contributed by atoms with Gasteiger partial charge in [-0.1, -0.05) is 30.3 Å². The molecule has 3 heteroatoms. The van der Waals surface area contributed by atoms with Gasteiger partial charge in [-0.25, -0.2) is 0 Å². The van der Waals surface area contributed by atoms with Crippen LogP contribution in [0.2, 0.25) is 0 Å². The molecule has 2 rings (SSSR count). The first-order chi connectivity index (χ1) is 9.70. The van der Waals surface area contributed by atoms with Gasteiger partial charge in [0, 0.05) is 25.2 Å². The molecular formula is C17H28N2O. The molecule has 0 radical (unpaired) electrons. The molecule has 0 amide bonds. The normalized spacial score (nSPS) is 27.6. The molecule has 1 unspecified atom stereocenters. The molecule has 0 saturated carbocycles. The molecule has 0 bridgehead atoms. The Hall–Kier alpha value is -0.900. The third-order valence-electron chi connectivity index (χ3n) is 4.25. The Labute approximate surface area is 123 Å². The van der Waals surface area contributed by atoms with Crippen LogP contribution in [0.4, 0.5) is 0 Å². The number of hydrogen-bond acceptors (Lipinski definition) is 3. The lowest BCUT2D eigenvalue weighted by Crippen LogP contribution is -2.48. The molecule has 1 aliphatic rings. The van der Waals surface area contributed by atoms with Gasteiger partial charge in [0.25, 0.3) is 0 Å². The third kappa shape index (κ3) is 4.30. The van der Waals surface area contributed by atoms with Crippen molar-refractivity contribution >= 4 is 0 Å². The van der Waals surface area contributed by atoms with E-state index in [1.807, 2.05) is 0 Å². The van der Waals surface area contributed by atoms with Gasteiger partial charge in [-0.2, -0.15) is 0 Å². The number of piperidine rings is 1. The summed E-state index contributed by atoms with van der Waals surface area (Å²) in [5.74, 6) is 0. The standard InChI is InChI=1S/C17H28N2O/c1-14-11-17(20-10-6-9-18)12-15(2)19(14)13-16-7-4-3-5-8-16/h3-5,7-8,14-15,17H,6,9-13,18H2,1-2H3/t14-,15+,17?. The Kier molecular flexibility index (Phi) is 6.02. The number of rotatable bonds is 6. The summed E-state index contributed by atoms with van der Waals surface area (Å²) in [5, 5.41) is 0. The lowest BCUT2D eigenvalue weighted by atomic mass is 9.94. The van der Waals surface area contributed by atoms with Crippen LogP contribution in [0.15, 0.2) is 30.3 Å². The van der Waals surface area contributed by atoms with Gasteiger partial charge in [0.2, 0.25) is 0 Å². The summed E-state index contributed by atoms with van der Waals surface area (Å²) in [5.41, 5.74) is 6.92. The largest absolute Gasteiger partial charge is 0.378 e. The summed E-state index contributed by atoms with van der Waals surface area (Å²) in [4.78, 5) is 2.60. The molecule has 112 valence electrons. The molecule has 0 spiro atoms. The van der Waals surface area contributed by atoms with E-state index in [2.05, 4.69) is 49.1 Å². The van der Waals surface area contributed by atoms with Crippen molar-refractivity contribution in [3.8, 4) is 0 Å². The van der Waals surface area contributed by atoms with Crippen molar-refractivity contribution in [2.45, 2.75) is 57.8 Å². The van der Waals surface area contributed by atoms with Crippen LogP contribution < -0.4 is 5.73 Å². The molecule has 1 aliphatic heterocycles. The van der Waals surface area contributed by atoms with E-state index in [1.54, 1.807) is 0 Å². The van der Waals surface area contributed by atoms with Gasteiger partial charge < -0.3 is 10.5 Å². The predicted octanol–water partition coefficient (Wildman–Crippen LogP) is 2.79. The maximum atomic E-state index is 5.96. The van der Waals surface area contributed by atoms with Crippen molar-refractivity contribution in [1.82, 2.24) is 4.90 Å². The van der Waals surface area contributed by atoms with Crippen LogP contribution in [0.5, 0.6) is 0 Å². The van der Waals surface area contributed by atoms with Crippen LogP contribution in [0.25, 0.3) is 0 Å². The Bertz CT molecular complexity index is 370. The van der Waals surface area contributed by atoms with E-state index in [0.29, 0.717) is 18.2 Å². The van der Waals surface area contributed by atoms with E-state index in [4.69, 9.17) is 10.5 Å². The molecule has 3 atom stereocenters. The quantitative estimate of drug-likeness (QED) is 0.812. The molecule has 0 aromatic heterocycles. The smallest absolute Gasteiger partial charge is 0.0604 e. The van der Waals surface area contributed by atoms with Crippen LogP contribution in [-0.2, 0) is 11.3 Å². The fourth-order valence-corrected chi connectivity index (χ4v) is 3.14. The first-order valence-electron chi connectivity index (χ1n) is 7.82. The maximum absolute atomic E-state index is 5.96. The molecule has 3 nitrogen and oxygen atoms in total. The van der Waals surface area contributed by atoms with Gasteiger partial charge in [-0.05, 0) is 45.2 Å². The van der Waals surface area contributed by atoms with Crippen LogP contribution in [-0.4, -0.2) is 36.2 Å². The van der Waals surface area contributed by atoms with Crippen molar-refractivity contribution in [3.63, 3.8) is 0 Å². The molecular weight excluding hydrogens is 248 g/mol. The van der Waals surface area contributed by atoms with E-state index in [1.165, 1.54) is 5.56 Å². The Morgan fingerprint density at radius 2 is 1.80 bits per heavy atom. The number of hydrogen-bond donors (Lipinski definition) is 1. The Morgan fingerprint density at radius 1 is 1.15 bits per heavy atom. The van der Waals surface area contributed by atoms with Gasteiger partial charge >= 0.3 is 0 Å². The van der Waals surface area contributed by atoms with Gasteiger partial charge in [0.05, 0.1) is 6.10 Å². The second kappa shape index (κ2) is 7.77. The molecule has 0 aliphatic carbocycles. The zero-order valence-electron chi connectivity index (χ0n) is 12.8. The predicted molar refractivity (Wildman–Crippen MR) is 83.6 cm³/mol. The lowest BCUT2D eigenvalue weighted by molar-refractivity contribution is -0.0368. The number of benzene rings is 1. The second-order valence-electron chi connectivity index (χ2n) is 5.96. The van der Waals surface area contributed by atoms with Gasteiger partial charge in [-0.3, -0.25) is 4.90 Å². The SMILES string of the molecule is C[C@@H]1CC(OCCCN)C[C@H](C)N1Cc1ccccc1. The minimum atomic E-state index is 0.401. The number of ether oxygens (including phenoxy) is 1. The van der Waals surface area contributed by atoms with Crippen molar-refractivity contribution in [2.75, 3.05) is 13.2 Å². The van der Waals surface area contributed by atoms with Gasteiger partial charge in [0.1, 0.15) is 0 Å². The van der Waals surface area contributed by atoms with Crippen LogP contribution in [0.1, 0.15) is 38.7 Å². The third-order valence-corrected chi connectivity index (χ3v) is 4.25. The molecule has 1 heterocycles. The highest BCUT2D eigenvalue weighted by Crippen LogP contribution is 2.26. The van der Waals surface area contributed by atoms with E-state index in [9.17, 15) is 0 Å². The first kappa shape index (κ1) is 15.5. The lowest BCUT2D eigenvalue weighted by Gasteiger charge is -2.42.